The average molecular weight is 336 g/mol. The summed E-state index contributed by atoms with van der Waals surface area (Å²) in [5.41, 5.74) is 1.76. The number of para-hydroxylation sites is 1. The highest BCUT2D eigenvalue weighted by atomic mass is 32.2. The number of rotatable bonds is 7. The minimum absolute atomic E-state index is 0.0582. The second-order valence-corrected chi connectivity index (χ2v) is 7.39. The molecule has 0 aliphatic carbocycles. The minimum atomic E-state index is -0.334. The number of nitrogens with one attached hydrogen (secondary N) is 1. The van der Waals surface area contributed by atoms with Gasteiger partial charge < -0.3 is 10.4 Å². The molecule has 1 aromatic carbocycles. The van der Waals surface area contributed by atoms with Gasteiger partial charge >= 0.3 is 0 Å². The minimum Gasteiger partial charge on any atom is -0.392 e. The maximum absolute atomic E-state index is 12.0. The fraction of sp³-hybridized carbons (Fsp3) is 0.375. The first-order valence-corrected chi connectivity index (χ1v) is 9.05. The van der Waals surface area contributed by atoms with Crippen molar-refractivity contribution in [1.29, 1.82) is 0 Å². The van der Waals surface area contributed by atoms with Crippen LogP contribution in [-0.4, -0.2) is 27.4 Å². The normalized spacial score (nSPS) is 13.6. The number of hydrogen-bond acceptors (Lipinski definition) is 5. The third-order valence-electron chi connectivity index (χ3n) is 3.14. The molecule has 0 radical (unpaired) electrons. The van der Waals surface area contributed by atoms with Crippen LogP contribution >= 0.6 is 23.1 Å². The molecule has 0 aliphatic rings. The number of thiazole rings is 1. The summed E-state index contributed by atoms with van der Waals surface area (Å²) in [4.78, 5) is 16.4. The summed E-state index contributed by atoms with van der Waals surface area (Å²) in [6, 6.07) is 9.41. The second-order valence-electron chi connectivity index (χ2n) is 5.08. The fourth-order valence-corrected chi connectivity index (χ4v) is 3.47. The first-order valence-electron chi connectivity index (χ1n) is 7.12. The van der Waals surface area contributed by atoms with Crippen LogP contribution in [0.1, 0.15) is 24.5 Å². The second kappa shape index (κ2) is 8.31. The predicted molar refractivity (Wildman–Crippen MR) is 93.3 cm³/mol. The number of nitrogens with zero attached hydrogens (tertiary/aromatic N) is 1. The standard InChI is InChI=1S/C16H20N2O2S2/c1-11(19)12(2)21-9-14-10-22-16(18-14)8-15(20)17-13-6-4-3-5-7-13/h3-7,10-12,19H,8-9H2,1-2H3,(H,17,20)/t11-,12+/m1/s1. The van der Waals surface area contributed by atoms with E-state index in [1.165, 1.54) is 11.3 Å². The molecule has 0 spiro atoms. The Morgan fingerprint density at radius 1 is 1.36 bits per heavy atom. The number of carbonyl (C=O) groups excluding carboxylic acids is 1. The highest BCUT2D eigenvalue weighted by Crippen LogP contribution is 2.21. The van der Waals surface area contributed by atoms with E-state index in [2.05, 4.69) is 10.3 Å². The van der Waals surface area contributed by atoms with E-state index in [4.69, 9.17) is 0 Å². The Morgan fingerprint density at radius 2 is 2.09 bits per heavy atom. The molecule has 2 N–H and O–H groups in total. The van der Waals surface area contributed by atoms with E-state index in [0.717, 1.165) is 22.1 Å². The largest absolute Gasteiger partial charge is 0.392 e. The fourth-order valence-electron chi connectivity index (χ4n) is 1.72. The predicted octanol–water partition coefficient (Wildman–Crippen LogP) is 3.33. The maximum atomic E-state index is 12.0. The molecule has 0 saturated heterocycles. The number of aliphatic hydroxyl groups excluding tert-OH is 1. The van der Waals surface area contributed by atoms with Crippen LogP contribution in [0.25, 0.3) is 0 Å². The molecule has 4 nitrogen and oxygen atoms in total. The van der Waals surface area contributed by atoms with Crippen LogP contribution in [0.2, 0.25) is 0 Å². The van der Waals surface area contributed by atoms with Gasteiger partial charge in [0.05, 0.1) is 18.2 Å². The monoisotopic (exact) mass is 336 g/mol. The van der Waals surface area contributed by atoms with Crippen LogP contribution in [0, 0.1) is 0 Å². The highest BCUT2D eigenvalue weighted by molar-refractivity contribution is 7.99. The van der Waals surface area contributed by atoms with Gasteiger partial charge in [0.2, 0.25) is 5.91 Å². The van der Waals surface area contributed by atoms with Crippen molar-refractivity contribution in [2.75, 3.05) is 5.32 Å². The van der Waals surface area contributed by atoms with E-state index in [1.807, 2.05) is 42.6 Å². The SMILES string of the molecule is C[C@H](SCc1csc(CC(=O)Nc2ccccc2)n1)[C@@H](C)O. The molecule has 2 rings (SSSR count). The molecule has 0 fully saturated rings. The van der Waals surface area contributed by atoms with Gasteiger partial charge in [0, 0.05) is 22.1 Å². The summed E-state index contributed by atoms with van der Waals surface area (Å²) >= 11 is 3.17. The van der Waals surface area contributed by atoms with E-state index in [9.17, 15) is 9.90 Å². The Labute approximate surface area is 139 Å². The number of hydrogen-bond donors (Lipinski definition) is 2. The maximum Gasteiger partial charge on any atom is 0.231 e. The van der Waals surface area contributed by atoms with Crippen LogP contribution in [-0.2, 0) is 17.0 Å². The topological polar surface area (TPSA) is 62.2 Å². The quantitative estimate of drug-likeness (QED) is 0.814. The van der Waals surface area contributed by atoms with Gasteiger partial charge in [-0.1, -0.05) is 25.1 Å². The van der Waals surface area contributed by atoms with E-state index in [0.29, 0.717) is 0 Å². The van der Waals surface area contributed by atoms with Crippen LogP contribution in [0.4, 0.5) is 5.69 Å². The molecular weight excluding hydrogens is 316 g/mol. The first kappa shape index (κ1) is 17.0. The molecule has 22 heavy (non-hydrogen) atoms. The van der Waals surface area contributed by atoms with Crippen LogP contribution in [0.15, 0.2) is 35.7 Å². The summed E-state index contributed by atoms with van der Waals surface area (Å²) in [5, 5.41) is 15.3. The van der Waals surface area contributed by atoms with Gasteiger partial charge in [0.15, 0.2) is 0 Å². The molecule has 118 valence electrons. The smallest absolute Gasteiger partial charge is 0.231 e. The molecule has 0 unspecified atom stereocenters. The zero-order valence-corrected chi connectivity index (χ0v) is 14.3. The number of anilines is 1. The lowest BCUT2D eigenvalue weighted by Crippen LogP contribution is -2.15. The van der Waals surface area contributed by atoms with E-state index >= 15 is 0 Å². The van der Waals surface area contributed by atoms with Crippen LogP contribution in [0.5, 0.6) is 0 Å². The summed E-state index contributed by atoms with van der Waals surface area (Å²) in [7, 11) is 0. The number of benzene rings is 1. The van der Waals surface area contributed by atoms with Crippen LogP contribution < -0.4 is 5.32 Å². The van der Waals surface area contributed by atoms with Gasteiger partial charge in [-0.05, 0) is 19.1 Å². The Bertz CT molecular complexity index is 599. The summed E-state index contributed by atoms with van der Waals surface area (Å²) in [6.45, 7) is 3.79. The Balaban J connectivity index is 1.82. The van der Waals surface area contributed by atoms with Gasteiger partial charge in [-0.2, -0.15) is 0 Å². The number of amides is 1. The zero-order valence-electron chi connectivity index (χ0n) is 12.7. The summed E-state index contributed by atoms with van der Waals surface area (Å²) < 4.78 is 0. The van der Waals surface area contributed by atoms with E-state index < -0.39 is 0 Å². The van der Waals surface area contributed by atoms with Crippen molar-refractivity contribution >= 4 is 34.7 Å². The Kier molecular flexibility index (Phi) is 6.42. The summed E-state index contributed by atoms with van der Waals surface area (Å²) in [5.74, 6) is 0.695. The molecule has 1 aromatic heterocycles. The third kappa shape index (κ3) is 5.44. The number of thioether (sulfide) groups is 1. The number of aliphatic hydroxyl groups is 1. The van der Waals surface area contributed by atoms with E-state index in [1.54, 1.807) is 18.7 Å². The van der Waals surface area contributed by atoms with Crippen molar-refractivity contribution in [3.05, 3.63) is 46.4 Å². The Morgan fingerprint density at radius 3 is 2.77 bits per heavy atom. The molecule has 2 aromatic rings. The first-order chi connectivity index (χ1) is 10.5. The van der Waals surface area contributed by atoms with Crippen molar-refractivity contribution in [2.45, 2.75) is 37.4 Å². The number of carbonyl (C=O) groups is 1. The lowest BCUT2D eigenvalue weighted by Gasteiger charge is -2.12. The van der Waals surface area contributed by atoms with Crippen molar-refractivity contribution in [2.24, 2.45) is 0 Å². The summed E-state index contributed by atoms with van der Waals surface area (Å²) in [6.07, 6.45) is -0.0457. The van der Waals surface area contributed by atoms with Crippen molar-refractivity contribution < 1.29 is 9.90 Å². The lowest BCUT2D eigenvalue weighted by molar-refractivity contribution is -0.115. The molecule has 0 saturated carbocycles. The van der Waals surface area contributed by atoms with Gasteiger partial charge in [-0.25, -0.2) is 4.98 Å². The van der Waals surface area contributed by atoms with Gasteiger partial charge in [-0.3, -0.25) is 4.79 Å². The molecule has 0 bridgehead atoms. The van der Waals surface area contributed by atoms with Gasteiger partial charge in [0.1, 0.15) is 5.01 Å². The van der Waals surface area contributed by atoms with Crippen molar-refractivity contribution in [3.8, 4) is 0 Å². The highest BCUT2D eigenvalue weighted by Gasteiger charge is 2.12. The average Bonchev–Trinajstić information content (AvgIpc) is 2.93. The molecule has 1 amide bonds. The number of aromatic nitrogens is 1. The lowest BCUT2D eigenvalue weighted by atomic mass is 10.3. The van der Waals surface area contributed by atoms with Gasteiger partial charge in [0.25, 0.3) is 0 Å². The van der Waals surface area contributed by atoms with E-state index in [-0.39, 0.29) is 23.7 Å². The molecular formula is C16H20N2O2S2. The van der Waals surface area contributed by atoms with Gasteiger partial charge in [-0.15, -0.1) is 23.1 Å². The van der Waals surface area contributed by atoms with Crippen molar-refractivity contribution in [3.63, 3.8) is 0 Å². The molecule has 0 aliphatic heterocycles. The molecule has 6 heteroatoms. The van der Waals surface area contributed by atoms with Crippen LogP contribution in [0.3, 0.4) is 0 Å². The van der Waals surface area contributed by atoms with Crippen molar-refractivity contribution in [1.82, 2.24) is 4.98 Å². The Hall–Kier alpha value is -1.37. The third-order valence-corrected chi connectivity index (χ3v) is 5.42. The zero-order chi connectivity index (χ0) is 15.9. The molecule has 1 heterocycles. The molecule has 2 atom stereocenters.